The predicted octanol–water partition coefficient (Wildman–Crippen LogP) is 0.725. The van der Waals surface area contributed by atoms with Gasteiger partial charge in [-0.2, -0.15) is 9.29 Å². The lowest BCUT2D eigenvalue weighted by molar-refractivity contribution is -0.121. The molecule has 1 aliphatic heterocycles. The molecule has 1 saturated heterocycles. The number of hydrogen-bond acceptors (Lipinski definition) is 9. The maximum Gasteiger partial charge on any atom is 0.262 e. The molecule has 0 aliphatic carbocycles. The smallest absolute Gasteiger partial charge is 0.262 e. The highest BCUT2D eigenvalue weighted by molar-refractivity contribution is 7.89. The number of sulfonamides is 1. The lowest BCUT2D eigenvalue weighted by atomic mass is 9.99. The Kier molecular flexibility index (Phi) is 6.55. The molecule has 0 saturated carbocycles. The Balaban J connectivity index is 1.51. The second-order valence-corrected chi connectivity index (χ2v) is 9.44. The van der Waals surface area contributed by atoms with E-state index in [-0.39, 0.29) is 36.4 Å². The summed E-state index contributed by atoms with van der Waals surface area (Å²) < 4.78 is 34.4. The molecule has 0 bridgehead atoms. The van der Waals surface area contributed by atoms with Crippen LogP contribution in [0.2, 0.25) is 0 Å². The van der Waals surface area contributed by atoms with Gasteiger partial charge >= 0.3 is 0 Å². The molecule has 1 aliphatic rings. The van der Waals surface area contributed by atoms with Crippen molar-refractivity contribution >= 4 is 15.9 Å². The van der Waals surface area contributed by atoms with Crippen LogP contribution in [-0.2, 0) is 21.9 Å². The second-order valence-electron chi connectivity index (χ2n) is 7.56. The summed E-state index contributed by atoms with van der Waals surface area (Å²) in [5.41, 5.74) is 0.500. The van der Waals surface area contributed by atoms with Crippen LogP contribution < -0.4 is 5.32 Å². The summed E-state index contributed by atoms with van der Waals surface area (Å²) in [5.74, 6) is 0.424. The molecule has 1 fully saturated rings. The molecule has 3 aromatic heterocycles. The van der Waals surface area contributed by atoms with Crippen molar-refractivity contribution in [3.05, 3.63) is 37.0 Å². The third-order valence-electron chi connectivity index (χ3n) is 5.23. The highest BCUT2D eigenvalue weighted by atomic mass is 32.2. The van der Waals surface area contributed by atoms with E-state index < -0.39 is 10.0 Å². The quantitative estimate of drug-likeness (QED) is 0.594. The Bertz CT molecular complexity index is 1160. The van der Waals surface area contributed by atoms with Gasteiger partial charge in [0, 0.05) is 57.6 Å². The number of carbonyl (C=O) groups excluding carboxylic acids is 1. The summed E-state index contributed by atoms with van der Waals surface area (Å²) >= 11 is 0. The van der Waals surface area contributed by atoms with Crippen molar-refractivity contribution in [2.45, 2.75) is 36.6 Å². The number of aryl methyl sites for hydroxylation is 1. The average Bonchev–Trinajstić information content (AvgIpc) is 3.44. The van der Waals surface area contributed by atoms with Gasteiger partial charge in [-0.1, -0.05) is 5.16 Å². The molecule has 170 valence electrons. The Morgan fingerprint density at radius 1 is 1.19 bits per heavy atom. The van der Waals surface area contributed by atoms with Crippen LogP contribution in [0, 0.1) is 0 Å². The van der Waals surface area contributed by atoms with Crippen LogP contribution in [0.3, 0.4) is 0 Å². The molecule has 13 heteroatoms. The van der Waals surface area contributed by atoms with E-state index in [0.717, 1.165) is 0 Å². The van der Waals surface area contributed by atoms with Gasteiger partial charge in [0.15, 0.2) is 5.03 Å². The summed E-state index contributed by atoms with van der Waals surface area (Å²) in [7, 11) is -2.10. The average molecular weight is 461 g/mol. The monoisotopic (exact) mass is 460 g/mol. The molecule has 0 spiro atoms. The van der Waals surface area contributed by atoms with E-state index in [0.29, 0.717) is 43.2 Å². The Morgan fingerprint density at radius 3 is 2.81 bits per heavy atom. The zero-order valence-electron chi connectivity index (χ0n) is 17.6. The topological polar surface area (TPSA) is 149 Å². The number of imidazole rings is 1. The maximum absolute atomic E-state index is 13.0. The van der Waals surface area contributed by atoms with Gasteiger partial charge in [-0.05, 0) is 19.3 Å². The lowest BCUT2D eigenvalue weighted by Crippen LogP contribution is -2.36. The molecule has 1 unspecified atom stereocenters. The summed E-state index contributed by atoms with van der Waals surface area (Å²) in [4.78, 5) is 28.9. The first-order chi connectivity index (χ1) is 15.4. The normalized spacial score (nSPS) is 19.3. The van der Waals surface area contributed by atoms with Crippen molar-refractivity contribution in [3.8, 4) is 11.5 Å². The predicted molar refractivity (Wildman–Crippen MR) is 112 cm³/mol. The van der Waals surface area contributed by atoms with Crippen molar-refractivity contribution in [2.24, 2.45) is 7.05 Å². The molecule has 4 rings (SSSR count). The molecule has 12 nitrogen and oxygen atoms in total. The van der Waals surface area contributed by atoms with Crippen LogP contribution in [0.15, 0.2) is 40.7 Å². The molecule has 0 radical (unpaired) electrons. The zero-order chi connectivity index (χ0) is 22.6. The first-order valence-electron chi connectivity index (χ1n) is 10.3. The molecule has 1 N–H and O–H groups in total. The third-order valence-corrected chi connectivity index (χ3v) is 7.02. The molecule has 1 amide bonds. The van der Waals surface area contributed by atoms with Gasteiger partial charge in [0.25, 0.3) is 10.0 Å². The SMILES string of the molecule is Cn1cnc(S(=O)(=O)N2CCCC(c3nc(-c4cnccn4)no3)CCNC(=O)CC2)c1. The largest absolute Gasteiger partial charge is 0.356 e. The number of aromatic nitrogens is 6. The van der Waals surface area contributed by atoms with Crippen LogP contribution in [0.5, 0.6) is 0 Å². The molecule has 1 atom stereocenters. The summed E-state index contributed by atoms with van der Waals surface area (Å²) in [5, 5.41) is 6.81. The van der Waals surface area contributed by atoms with Gasteiger partial charge in [-0.25, -0.2) is 18.4 Å². The number of carbonyl (C=O) groups is 1. The van der Waals surface area contributed by atoms with E-state index in [4.69, 9.17) is 4.52 Å². The minimum Gasteiger partial charge on any atom is -0.356 e. The third kappa shape index (κ3) is 4.99. The van der Waals surface area contributed by atoms with Crippen LogP contribution in [0.25, 0.3) is 11.5 Å². The Hall–Kier alpha value is -3.19. The highest BCUT2D eigenvalue weighted by Gasteiger charge is 2.28. The number of hydrogen-bond donors (Lipinski definition) is 1. The molecule has 32 heavy (non-hydrogen) atoms. The number of amides is 1. The van der Waals surface area contributed by atoms with Crippen molar-refractivity contribution < 1.29 is 17.7 Å². The number of nitrogens with one attached hydrogen (secondary N) is 1. The first kappa shape index (κ1) is 22.0. The minimum atomic E-state index is -3.80. The summed E-state index contributed by atoms with van der Waals surface area (Å²) in [6.07, 6.45) is 9.40. The van der Waals surface area contributed by atoms with Crippen LogP contribution >= 0.6 is 0 Å². The van der Waals surface area contributed by atoms with Gasteiger partial charge in [-0.15, -0.1) is 0 Å². The van der Waals surface area contributed by atoms with Gasteiger partial charge in [-0.3, -0.25) is 9.78 Å². The zero-order valence-corrected chi connectivity index (χ0v) is 18.4. The lowest BCUT2D eigenvalue weighted by Gasteiger charge is -2.21. The Morgan fingerprint density at radius 2 is 2.06 bits per heavy atom. The second kappa shape index (κ2) is 9.53. The molecule has 0 aromatic carbocycles. The first-order valence-corrected chi connectivity index (χ1v) is 11.7. The molecule has 4 heterocycles. The maximum atomic E-state index is 13.0. The van der Waals surface area contributed by atoms with E-state index in [1.165, 1.54) is 16.8 Å². The van der Waals surface area contributed by atoms with Crippen molar-refractivity contribution in [1.82, 2.24) is 39.3 Å². The number of rotatable bonds is 4. The standard InChI is InChI=1S/C19H24N8O4S/c1-26-12-17(23-13-26)32(29,30)27-9-2-3-14(4-6-22-16(28)5-10-27)19-24-18(25-31-19)15-11-20-7-8-21-15/h7-8,11-14H,2-6,9-10H2,1H3,(H,22,28). The fourth-order valence-corrected chi connectivity index (χ4v) is 4.98. The van der Waals surface area contributed by atoms with Crippen LogP contribution in [0.4, 0.5) is 0 Å². The summed E-state index contributed by atoms with van der Waals surface area (Å²) in [6.45, 7) is 0.778. The van der Waals surface area contributed by atoms with Crippen molar-refractivity contribution in [2.75, 3.05) is 19.6 Å². The van der Waals surface area contributed by atoms with Crippen molar-refractivity contribution in [1.29, 1.82) is 0 Å². The Labute approximate surface area is 185 Å². The van der Waals surface area contributed by atoms with Crippen LogP contribution in [0.1, 0.15) is 37.5 Å². The van der Waals surface area contributed by atoms with E-state index in [9.17, 15) is 13.2 Å². The van der Waals surface area contributed by atoms with Gasteiger partial charge < -0.3 is 14.4 Å². The number of nitrogens with zero attached hydrogens (tertiary/aromatic N) is 7. The van der Waals surface area contributed by atoms with Gasteiger partial charge in [0.1, 0.15) is 5.69 Å². The van der Waals surface area contributed by atoms with E-state index in [2.05, 4.69) is 30.4 Å². The minimum absolute atomic E-state index is 0.0302. The van der Waals surface area contributed by atoms with E-state index in [1.54, 1.807) is 30.2 Å². The molecule has 3 aromatic rings. The van der Waals surface area contributed by atoms with E-state index in [1.807, 2.05) is 0 Å². The summed E-state index contributed by atoms with van der Waals surface area (Å²) in [6, 6.07) is 0. The highest BCUT2D eigenvalue weighted by Crippen LogP contribution is 2.26. The molecular weight excluding hydrogens is 436 g/mol. The van der Waals surface area contributed by atoms with Crippen molar-refractivity contribution in [3.63, 3.8) is 0 Å². The van der Waals surface area contributed by atoms with Crippen LogP contribution in [-0.4, -0.2) is 67.9 Å². The molecular formula is C19H24N8O4S. The van der Waals surface area contributed by atoms with Gasteiger partial charge in [0.2, 0.25) is 17.6 Å². The van der Waals surface area contributed by atoms with Gasteiger partial charge in [0.05, 0.1) is 12.5 Å². The van der Waals surface area contributed by atoms with E-state index >= 15 is 0 Å². The fourth-order valence-electron chi connectivity index (χ4n) is 3.53. The fraction of sp³-hybridized carbons (Fsp3) is 0.474.